The number of fused-ring (bicyclic) bond motifs is 2. The molecule has 1 N–H and O–H groups in total. The Bertz CT molecular complexity index is 734. The molecule has 1 saturated carbocycles. The third kappa shape index (κ3) is 2.04. The fourth-order valence-corrected chi connectivity index (χ4v) is 4.18. The van der Waals surface area contributed by atoms with Crippen LogP contribution < -0.4 is 5.32 Å². The number of amides is 1. The summed E-state index contributed by atoms with van der Waals surface area (Å²) in [6, 6.07) is 2.95. The Morgan fingerprint density at radius 2 is 1.70 bits per heavy atom. The van der Waals surface area contributed by atoms with E-state index in [4.69, 9.17) is 39.5 Å². The molecular formula is C16H16Cl3NO3. The average molecular weight is 377 g/mol. The summed E-state index contributed by atoms with van der Waals surface area (Å²) in [5.41, 5.74) is -2.14. The van der Waals surface area contributed by atoms with Crippen molar-refractivity contribution in [1.29, 1.82) is 0 Å². The first-order valence-corrected chi connectivity index (χ1v) is 8.38. The first-order valence-electron chi connectivity index (χ1n) is 7.25. The molecule has 0 aromatic heterocycles. The van der Waals surface area contributed by atoms with Crippen LogP contribution in [0.15, 0.2) is 12.1 Å². The molecule has 1 amide bonds. The van der Waals surface area contributed by atoms with Gasteiger partial charge in [0, 0.05) is 5.41 Å². The standard InChI is InChI=1S/C16H16Cl3NO3/c1-14(2)15(3)4-5-16(14,23-13(15)22)12(21)20-11-7-9(18)8(17)6-10(11)19/h6-7H,4-5H2,1-3H3,(H,20,21). The number of benzene rings is 1. The second-order valence-electron chi connectivity index (χ2n) is 6.87. The van der Waals surface area contributed by atoms with Crippen LogP contribution in [-0.4, -0.2) is 17.5 Å². The van der Waals surface area contributed by atoms with E-state index in [1.165, 1.54) is 12.1 Å². The Kier molecular flexibility index (Phi) is 3.68. The number of hydrogen-bond donors (Lipinski definition) is 1. The molecule has 2 aliphatic rings. The smallest absolute Gasteiger partial charge is 0.313 e. The summed E-state index contributed by atoms with van der Waals surface area (Å²) in [5, 5.41) is 3.59. The highest BCUT2D eigenvalue weighted by molar-refractivity contribution is 6.44. The van der Waals surface area contributed by atoms with Crippen molar-refractivity contribution in [2.45, 2.75) is 39.2 Å². The highest BCUT2D eigenvalue weighted by atomic mass is 35.5. The van der Waals surface area contributed by atoms with Gasteiger partial charge in [-0.15, -0.1) is 0 Å². The molecule has 1 saturated heterocycles. The maximum atomic E-state index is 12.9. The summed E-state index contributed by atoms with van der Waals surface area (Å²) in [5.74, 6) is -0.721. The molecular weight excluding hydrogens is 361 g/mol. The van der Waals surface area contributed by atoms with E-state index in [9.17, 15) is 9.59 Å². The van der Waals surface area contributed by atoms with Gasteiger partial charge in [-0.3, -0.25) is 9.59 Å². The lowest BCUT2D eigenvalue weighted by atomic mass is 9.66. The van der Waals surface area contributed by atoms with Gasteiger partial charge in [0.05, 0.1) is 26.2 Å². The van der Waals surface area contributed by atoms with Crippen LogP contribution in [0.3, 0.4) is 0 Å². The molecule has 1 aromatic carbocycles. The van der Waals surface area contributed by atoms with Gasteiger partial charge in [0.2, 0.25) is 0 Å². The van der Waals surface area contributed by atoms with Crippen molar-refractivity contribution in [2.75, 3.05) is 5.32 Å². The first kappa shape index (κ1) is 16.9. The zero-order valence-electron chi connectivity index (χ0n) is 12.9. The average Bonchev–Trinajstić information content (AvgIpc) is 2.75. The van der Waals surface area contributed by atoms with E-state index in [2.05, 4.69) is 5.32 Å². The van der Waals surface area contributed by atoms with E-state index in [1.54, 1.807) is 0 Å². The van der Waals surface area contributed by atoms with Crippen LogP contribution in [0, 0.1) is 10.8 Å². The molecule has 2 unspecified atom stereocenters. The molecule has 2 bridgehead atoms. The lowest BCUT2D eigenvalue weighted by Crippen LogP contribution is -2.50. The van der Waals surface area contributed by atoms with Gasteiger partial charge in [0.1, 0.15) is 0 Å². The molecule has 1 aliphatic carbocycles. The molecule has 23 heavy (non-hydrogen) atoms. The van der Waals surface area contributed by atoms with E-state index in [0.29, 0.717) is 23.6 Å². The first-order chi connectivity index (χ1) is 10.5. The lowest BCUT2D eigenvalue weighted by molar-refractivity contribution is -0.165. The SMILES string of the molecule is CC12CCC(C(=O)Nc3cc(Cl)c(Cl)cc3Cl)(OC1=O)C2(C)C. The number of ether oxygens (including phenoxy) is 1. The molecule has 1 aromatic rings. The summed E-state index contributed by atoms with van der Waals surface area (Å²) < 4.78 is 5.54. The Morgan fingerprint density at radius 1 is 1.09 bits per heavy atom. The van der Waals surface area contributed by atoms with Gasteiger partial charge >= 0.3 is 5.97 Å². The van der Waals surface area contributed by atoms with E-state index in [1.807, 2.05) is 20.8 Å². The Hall–Kier alpha value is -0.970. The number of carbonyl (C=O) groups is 2. The molecule has 1 heterocycles. The molecule has 3 rings (SSSR count). The van der Waals surface area contributed by atoms with Crippen LogP contribution in [0.4, 0.5) is 5.69 Å². The topological polar surface area (TPSA) is 55.4 Å². The van der Waals surface area contributed by atoms with E-state index in [0.717, 1.165) is 0 Å². The number of esters is 1. The van der Waals surface area contributed by atoms with Crippen LogP contribution in [0.2, 0.25) is 15.1 Å². The van der Waals surface area contributed by atoms with Gasteiger partial charge in [0.15, 0.2) is 5.60 Å². The van der Waals surface area contributed by atoms with Crippen LogP contribution in [0.25, 0.3) is 0 Å². The van der Waals surface area contributed by atoms with Crippen molar-refractivity contribution in [2.24, 2.45) is 10.8 Å². The van der Waals surface area contributed by atoms with Crippen molar-refractivity contribution in [3.63, 3.8) is 0 Å². The van der Waals surface area contributed by atoms with Crippen molar-refractivity contribution >= 4 is 52.4 Å². The zero-order valence-corrected chi connectivity index (χ0v) is 15.2. The minimum absolute atomic E-state index is 0.270. The van der Waals surface area contributed by atoms with Crippen molar-refractivity contribution in [1.82, 2.24) is 0 Å². The van der Waals surface area contributed by atoms with Crippen LogP contribution >= 0.6 is 34.8 Å². The Balaban J connectivity index is 1.96. The molecule has 0 spiro atoms. The summed E-state index contributed by atoms with van der Waals surface area (Å²) in [6.07, 6.45) is 1.09. The van der Waals surface area contributed by atoms with Crippen LogP contribution in [0.5, 0.6) is 0 Å². The second-order valence-corrected chi connectivity index (χ2v) is 8.10. The lowest BCUT2D eigenvalue weighted by Gasteiger charge is -2.35. The summed E-state index contributed by atoms with van der Waals surface area (Å²) in [7, 11) is 0. The zero-order chi connectivity index (χ0) is 17.2. The van der Waals surface area contributed by atoms with Gasteiger partial charge in [-0.2, -0.15) is 0 Å². The molecule has 7 heteroatoms. The Morgan fingerprint density at radius 3 is 2.22 bits per heavy atom. The fourth-order valence-electron chi connectivity index (χ4n) is 3.59. The maximum Gasteiger partial charge on any atom is 0.313 e. The van der Waals surface area contributed by atoms with Crippen LogP contribution in [0.1, 0.15) is 33.6 Å². The van der Waals surface area contributed by atoms with E-state index in [-0.39, 0.29) is 16.0 Å². The number of carbonyl (C=O) groups excluding carboxylic acids is 2. The summed E-state index contributed by atoms with van der Waals surface area (Å²) in [6.45, 7) is 5.63. The van der Waals surface area contributed by atoms with Gasteiger partial charge < -0.3 is 10.1 Å². The van der Waals surface area contributed by atoms with Gasteiger partial charge in [-0.25, -0.2) is 0 Å². The van der Waals surface area contributed by atoms with Crippen molar-refractivity contribution in [3.8, 4) is 0 Å². The molecule has 124 valence electrons. The van der Waals surface area contributed by atoms with Crippen molar-refractivity contribution in [3.05, 3.63) is 27.2 Å². The number of halogens is 3. The fraction of sp³-hybridized carbons (Fsp3) is 0.500. The Labute approximate surface area is 149 Å². The molecule has 2 fully saturated rings. The monoisotopic (exact) mass is 375 g/mol. The maximum absolute atomic E-state index is 12.9. The van der Waals surface area contributed by atoms with E-state index < -0.39 is 22.3 Å². The third-order valence-electron chi connectivity index (χ3n) is 5.71. The predicted molar refractivity (Wildman–Crippen MR) is 90.0 cm³/mol. The quantitative estimate of drug-likeness (QED) is 0.601. The largest absolute Gasteiger partial charge is 0.448 e. The minimum atomic E-state index is -1.20. The third-order valence-corrected chi connectivity index (χ3v) is 6.74. The normalized spacial score (nSPS) is 31.1. The van der Waals surface area contributed by atoms with E-state index >= 15 is 0 Å². The highest BCUT2D eigenvalue weighted by Gasteiger charge is 2.75. The number of rotatable bonds is 2. The second kappa shape index (κ2) is 5.01. The summed E-state index contributed by atoms with van der Waals surface area (Å²) >= 11 is 18.0. The van der Waals surface area contributed by atoms with Crippen LogP contribution in [-0.2, 0) is 14.3 Å². The summed E-state index contributed by atoms with van der Waals surface area (Å²) in [4.78, 5) is 25.2. The van der Waals surface area contributed by atoms with Gasteiger partial charge in [-0.1, -0.05) is 48.7 Å². The molecule has 1 aliphatic heterocycles. The van der Waals surface area contributed by atoms with Gasteiger partial charge in [0.25, 0.3) is 5.91 Å². The number of anilines is 1. The predicted octanol–water partition coefficient (Wildman–Crippen LogP) is 4.71. The van der Waals surface area contributed by atoms with Gasteiger partial charge in [-0.05, 0) is 31.9 Å². The highest BCUT2D eigenvalue weighted by Crippen LogP contribution is 2.65. The van der Waals surface area contributed by atoms with Crippen molar-refractivity contribution < 1.29 is 14.3 Å². The minimum Gasteiger partial charge on any atom is -0.448 e. The number of nitrogens with one attached hydrogen (secondary N) is 1. The molecule has 2 atom stereocenters. The molecule has 4 nitrogen and oxygen atoms in total. The molecule has 0 radical (unpaired) electrons. The number of hydrogen-bond acceptors (Lipinski definition) is 3.